The summed E-state index contributed by atoms with van der Waals surface area (Å²) in [4.78, 5) is 11.9. The van der Waals surface area contributed by atoms with Gasteiger partial charge in [-0.05, 0) is 36.1 Å². The molecule has 2 rings (SSSR count). The molecule has 5 heteroatoms. The highest BCUT2D eigenvalue weighted by molar-refractivity contribution is 7.09. The second kappa shape index (κ2) is 5.64. The summed E-state index contributed by atoms with van der Waals surface area (Å²) in [6.45, 7) is 0.615. The van der Waals surface area contributed by atoms with Crippen molar-refractivity contribution in [3.05, 3.63) is 52.0 Å². The van der Waals surface area contributed by atoms with Gasteiger partial charge in [0.25, 0.3) is 0 Å². The Morgan fingerprint density at radius 1 is 1.39 bits per heavy atom. The smallest absolute Gasteiger partial charge is 0.335 e. The Balaban J connectivity index is 1.95. The molecule has 0 unspecified atom stereocenters. The van der Waals surface area contributed by atoms with E-state index in [9.17, 15) is 9.18 Å². The van der Waals surface area contributed by atoms with Gasteiger partial charge in [-0.15, -0.1) is 11.3 Å². The van der Waals surface area contributed by atoms with E-state index in [1.807, 2.05) is 17.5 Å². The number of halogens is 1. The molecule has 0 saturated heterocycles. The zero-order valence-electron chi connectivity index (χ0n) is 9.52. The number of carbonyl (C=O) groups is 1. The van der Waals surface area contributed by atoms with Crippen LogP contribution in [0, 0.1) is 5.82 Å². The number of anilines is 1. The minimum absolute atomic E-state index is 0.0451. The van der Waals surface area contributed by atoms with Crippen LogP contribution in [0.5, 0.6) is 0 Å². The number of benzene rings is 1. The number of carboxylic acids is 1. The molecule has 0 amide bonds. The summed E-state index contributed by atoms with van der Waals surface area (Å²) in [5.41, 5.74) is 0.285. The normalized spacial score (nSPS) is 10.3. The first-order valence-corrected chi connectivity index (χ1v) is 6.34. The molecule has 1 aromatic heterocycles. The van der Waals surface area contributed by atoms with Gasteiger partial charge in [0, 0.05) is 11.4 Å². The summed E-state index contributed by atoms with van der Waals surface area (Å²) in [5.74, 6) is -1.67. The molecule has 2 N–H and O–H groups in total. The Kier molecular flexibility index (Phi) is 3.94. The number of rotatable bonds is 5. The quantitative estimate of drug-likeness (QED) is 0.872. The van der Waals surface area contributed by atoms with Crippen molar-refractivity contribution in [3.63, 3.8) is 0 Å². The molecule has 0 aliphatic heterocycles. The second-order valence-electron chi connectivity index (χ2n) is 3.76. The topological polar surface area (TPSA) is 49.3 Å². The molecule has 1 heterocycles. The van der Waals surface area contributed by atoms with Crippen LogP contribution in [0.25, 0.3) is 0 Å². The lowest BCUT2D eigenvalue weighted by Gasteiger charge is -2.07. The van der Waals surface area contributed by atoms with Crippen LogP contribution in [0.1, 0.15) is 15.2 Å². The van der Waals surface area contributed by atoms with Crippen LogP contribution in [0.15, 0.2) is 35.7 Å². The summed E-state index contributed by atoms with van der Waals surface area (Å²) in [6.07, 6.45) is 0.817. The zero-order chi connectivity index (χ0) is 13.0. The maximum absolute atomic E-state index is 13.6. The van der Waals surface area contributed by atoms with Crippen LogP contribution >= 0.6 is 11.3 Å². The summed E-state index contributed by atoms with van der Waals surface area (Å²) in [7, 11) is 0. The SMILES string of the molecule is O=C(O)c1ccc(NCCc2cccs2)c(F)c1. The van der Waals surface area contributed by atoms with Gasteiger partial charge in [-0.25, -0.2) is 9.18 Å². The Labute approximate surface area is 108 Å². The maximum atomic E-state index is 13.6. The van der Waals surface area contributed by atoms with Crippen molar-refractivity contribution in [2.24, 2.45) is 0 Å². The number of nitrogens with one attached hydrogen (secondary N) is 1. The lowest BCUT2D eigenvalue weighted by Crippen LogP contribution is -2.06. The van der Waals surface area contributed by atoms with E-state index in [-0.39, 0.29) is 5.56 Å². The fourth-order valence-corrected chi connectivity index (χ4v) is 2.28. The van der Waals surface area contributed by atoms with Gasteiger partial charge >= 0.3 is 5.97 Å². The standard InChI is InChI=1S/C13H12FNO2S/c14-11-8-9(13(16)17)3-4-12(11)15-6-5-10-2-1-7-18-10/h1-4,7-8,15H,5-6H2,(H,16,17). The van der Waals surface area contributed by atoms with E-state index in [4.69, 9.17) is 5.11 Å². The average molecular weight is 265 g/mol. The molecular formula is C13H12FNO2S. The molecule has 94 valence electrons. The number of aromatic carboxylic acids is 1. The fourth-order valence-electron chi connectivity index (χ4n) is 1.57. The third-order valence-electron chi connectivity index (χ3n) is 2.48. The van der Waals surface area contributed by atoms with Gasteiger partial charge in [0.15, 0.2) is 0 Å². The first kappa shape index (κ1) is 12.6. The van der Waals surface area contributed by atoms with Crippen molar-refractivity contribution in [1.29, 1.82) is 0 Å². The molecule has 0 fully saturated rings. The third-order valence-corrected chi connectivity index (χ3v) is 3.42. The predicted octanol–water partition coefficient (Wildman–Crippen LogP) is 3.24. The van der Waals surface area contributed by atoms with Crippen molar-refractivity contribution in [2.75, 3.05) is 11.9 Å². The van der Waals surface area contributed by atoms with E-state index in [1.165, 1.54) is 17.0 Å². The minimum Gasteiger partial charge on any atom is -0.478 e. The maximum Gasteiger partial charge on any atom is 0.335 e. The van der Waals surface area contributed by atoms with Gasteiger partial charge in [0.05, 0.1) is 11.3 Å². The Morgan fingerprint density at radius 2 is 2.22 bits per heavy atom. The summed E-state index contributed by atoms with van der Waals surface area (Å²) >= 11 is 1.66. The molecule has 0 radical (unpaired) electrons. The van der Waals surface area contributed by atoms with Gasteiger partial charge in [0.1, 0.15) is 5.82 Å². The lowest BCUT2D eigenvalue weighted by atomic mass is 10.2. The molecule has 0 bridgehead atoms. The van der Waals surface area contributed by atoms with Gasteiger partial charge in [0.2, 0.25) is 0 Å². The summed E-state index contributed by atoms with van der Waals surface area (Å²) < 4.78 is 13.6. The molecule has 2 aromatic rings. The van der Waals surface area contributed by atoms with E-state index >= 15 is 0 Å². The zero-order valence-corrected chi connectivity index (χ0v) is 10.3. The third kappa shape index (κ3) is 3.07. The first-order chi connectivity index (χ1) is 8.66. The van der Waals surface area contributed by atoms with Crippen LogP contribution in [0.3, 0.4) is 0 Å². The van der Waals surface area contributed by atoms with Crippen LogP contribution in [0.4, 0.5) is 10.1 Å². The van der Waals surface area contributed by atoms with Crippen molar-refractivity contribution >= 4 is 23.0 Å². The highest BCUT2D eigenvalue weighted by Gasteiger charge is 2.07. The van der Waals surface area contributed by atoms with Gasteiger partial charge in [-0.1, -0.05) is 6.07 Å². The molecule has 1 aromatic carbocycles. The largest absolute Gasteiger partial charge is 0.478 e. The monoisotopic (exact) mass is 265 g/mol. The Hall–Kier alpha value is -1.88. The van der Waals surface area contributed by atoms with Crippen molar-refractivity contribution in [3.8, 4) is 0 Å². The molecule has 0 aliphatic rings. The van der Waals surface area contributed by atoms with Crippen molar-refractivity contribution in [2.45, 2.75) is 6.42 Å². The summed E-state index contributed by atoms with van der Waals surface area (Å²) in [6, 6.07) is 7.86. The minimum atomic E-state index is -1.13. The van der Waals surface area contributed by atoms with Crippen LogP contribution < -0.4 is 5.32 Å². The van der Waals surface area contributed by atoms with Crippen LogP contribution in [-0.4, -0.2) is 17.6 Å². The highest BCUT2D eigenvalue weighted by Crippen LogP contribution is 2.16. The number of hydrogen-bond donors (Lipinski definition) is 2. The molecule has 0 saturated carbocycles. The highest BCUT2D eigenvalue weighted by atomic mass is 32.1. The van der Waals surface area contributed by atoms with Gasteiger partial charge in [-0.3, -0.25) is 0 Å². The number of carboxylic acid groups (broad SMARTS) is 1. The van der Waals surface area contributed by atoms with Crippen LogP contribution in [0.2, 0.25) is 0 Å². The predicted molar refractivity (Wildman–Crippen MR) is 69.9 cm³/mol. The average Bonchev–Trinajstić information content (AvgIpc) is 2.84. The van der Waals surface area contributed by atoms with E-state index in [0.717, 1.165) is 12.5 Å². The number of thiophene rings is 1. The second-order valence-corrected chi connectivity index (χ2v) is 4.79. The lowest BCUT2D eigenvalue weighted by molar-refractivity contribution is 0.0696. The Bertz CT molecular complexity index is 540. The molecule has 3 nitrogen and oxygen atoms in total. The number of hydrogen-bond acceptors (Lipinski definition) is 3. The van der Waals surface area contributed by atoms with Gasteiger partial charge < -0.3 is 10.4 Å². The van der Waals surface area contributed by atoms with Crippen LogP contribution in [-0.2, 0) is 6.42 Å². The van der Waals surface area contributed by atoms with E-state index < -0.39 is 11.8 Å². The van der Waals surface area contributed by atoms with Crippen molar-refractivity contribution in [1.82, 2.24) is 0 Å². The first-order valence-electron chi connectivity index (χ1n) is 5.46. The molecular weight excluding hydrogens is 253 g/mol. The summed E-state index contributed by atoms with van der Waals surface area (Å²) in [5, 5.41) is 13.7. The van der Waals surface area contributed by atoms with Crippen molar-refractivity contribution < 1.29 is 14.3 Å². The van der Waals surface area contributed by atoms with E-state index in [0.29, 0.717) is 12.2 Å². The van der Waals surface area contributed by atoms with Gasteiger partial charge in [-0.2, -0.15) is 0 Å². The molecule has 0 atom stereocenters. The molecule has 0 spiro atoms. The molecule has 0 aliphatic carbocycles. The molecule has 18 heavy (non-hydrogen) atoms. The van der Waals surface area contributed by atoms with E-state index in [1.54, 1.807) is 11.3 Å². The van der Waals surface area contributed by atoms with E-state index in [2.05, 4.69) is 5.32 Å². The Morgan fingerprint density at radius 3 is 2.83 bits per heavy atom. The fraction of sp³-hybridized carbons (Fsp3) is 0.154.